The molecule has 1 atom stereocenters. The number of hydrogen-bond acceptors (Lipinski definition) is 3. The van der Waals surface area contributed by atoms with Gasteiger partial charge < -0.3 is 15.2 Å². The maximum Gasteiger partial charge on any atom is 0.308 e. The van der Waals surface area contributed by atoms with Crippen LogP contribution < -0.4 is 10.1 Å². The Labute approximate surface area is 129 Å². The van der Waals surface area contributed by atoms with E-state index in [1.807, 2.05) is 6.92 Å². The number of halogens is 1. The van der Waals surface area contributed by atoms with E-state index >= 15 is 0 Å². The Kier molecular flexibility index (Phi) is 6.49. The molecule has 0 spiro atoms. The fraction of sp³-hybridized carbons (Fsp3) is 0.467. The zero-order chi connectivity index (χ0) is 16.0. The minimum atomic E-state index is -0.917. The van der Waals surface area contributed by atoms with Crippen molar-refractivity contribution in [3.63, 3.8) is 0 Å². The Hall–Kier alpha value is -1.75. The Morgan fingerprint density at radius 1 is 1.38 bits per heavy atom. The van der Waals surface area contributed by atoms with Gasteiger partial charge in [0.2, 0.25) is 0 Å². The summed E-state index contributed by atoms with van der Waals surface area (Å²) in [7, 11) is 0. The highest BCUT2D eigenvalue weighted by Gasteiger charge is 2.21. The number of carbonyl (C=O) groups excluding carboxylic acids is 1. The van der Waals surface area contributed by atoms with Gasteiger partial charge in [0.15, 0.2) is 6.61 Å². The second-order valence-electron chi connectivity index (χ2n) is 5.19. The molecule has 0 heterocycles. The number of carbonyl (C=O) groups is 2. The normalized spacial score (nSPS) is 12.0. The first-order valence-electron chi connectivity index (χ1n) is 6.69. The Morgan fingerprint density at radius 2 is 2.05 bits per heavy atom. The molecule has 0 bridgehead atoms. The van der Waals surface area contributed by atoms with Crippen LogP contribution in [0.15, 0.2) is 18.2 Å². The summed E-state index contributed by atoms with van der Waals surface area (Å²) in [5, 5.41) is 12.2. The van der Waals surface area contributed by atoms with Gasteiger partial charge in [0.1, 0.15) is 5.75 Å². The molecule has 1 unspecified atom stereocenters. The van der Waals surface area contributed by atoms with Crippen LogP contribution >= 0.6 is 11.6 Å². The molecule has 0 aliphatic carbocycles. The lowest BCUT2D eigenvalue weighted by atomic mass is 9.96. The number of rotatable bonds is 7. The molecule has 2 N–H and O–H groups in total. The average Bonchev–Trinajstić information content (AvgIpc) is 2.37. The highest BCUT2D eigenvalue weighted by Crippen LogP contribution is 2.21. The summed E-state index contributed by atoms with van der Waals surface area (Å²) >= 11 is 5.83. The Bertz CT molecular complexity index is 516. The summed E-state index contributed by atoms with van der Waals surface area (Å²) in [4.78, 5) is 22.7. The molecule has 0 saturated carbocycles. The zero-order valence-corrected chi connectivity index (χ0v) is 13.1. The molecule has 1 amide bonds. The van der Waals surface area contributed by atoms with Crippen LogP contribution in [0.5, 0.6) is 5.75 Å². The fourth-order valence-corrected chi connectivity index (χ4v) is 2.03. The van der Waals surface area contributed by atoms with Gasteiger partial charge in [-0.2, -0.15) is 0 Å². The van der Waals surface area contributed by atoms with Crippen LogP contribution in [0.3, 0.4) is 0 Å². The lowest BCUT2D eigenvalue weighted by molar-refractivity contribution is -0.143. The van der Waals surface area contributed by atoms with Gasteiger partial charge in [-0.25, -0.2) is 0 Å². The largest absolute Gasteiger partial charge is 0.484 e. The third kappa shape index (κ3) is 5.63. The maximum absolute atomic E-state index is 11.7. The molecule has 0 radical (unpaired) electrons. The van der Waals surface area contributed by atoms with Crippen LogP contribution in [0.4, 0.5) is 0 Å². The lowest BCUT2D eigenvalue weighted by Crippen LogP contribution is -2.37. The number of aryl methyl sites for hydroxylation is 1. The predicted octanol–water partition coefficient (Wildman–Crippen LogP) is 2.50. The minimum Gasteiger partial charge on any atom is -0.484 e. The van der Waals surface area contributed by atoms with Crippen molar-refractivity contribution in [2.24, 2.45) is 11.8 Å². The maximum atomic E-state index is 11.7. The summed E-state index contributed by atoms with van der Waals surface area (Å²) in [6, 6.07) is 5.12. The van der Waals surface area contributed by atoms with Gasteiger partial charge in [0.25, 0.3) is 5.91 Å². The van der Waals surface area contributed by atoms with Crippen LogP contribution in [0.1, 0.15) is 19.4 Å². The highest BCUT2D eigenvalue weighted by molar-refractivity contribution is 6.30. The molecule has 1 rings (SSSR count). The van der Waals surface area contributed by atoms with E-state index in [2.05, 4.69) is 5.32 Å². The van der Waals surface area contributed by atoms with E-state index in [4.69, 9.17) is 21.4 Å². The number of aliphatic carboxylic acids is 1. The van der Waals surface area contributed by atoms with Crippen molar-refractivity contribution in [3.05, 3.63) is 28.8 Å². The van der Waals surface area contributed by atoms with E-state index in [1.54, 1.807) is 32.0 Å². The molecule has 1 aromatic rings. The zero-order valence-electron chi connectivity index (χ0n) is 12.4. The average molecular weight is 314 g/mol. The van der Waals surface area contributed by atoms with E-state index < -0.39 is 11.9 Å². The number of carboxylic acid groups (broad SMARTS) is 1. The van der Waals surface area contributed by atoms with Crippen molar-refractivity contribution in [1.82, 2.24) is 5.32 Å². The molecule has 0 aliphatic heterocycles. The Morgan fingerprint density at radius 3 is 2.57 bits per heavy atom. The number of hydrogen-bond donors (Lipinski definition) is 2. The third-order valence-electron chi connectivity index (χ3n) is 3.14. The molecular formula is C15H20ClNO4. The minimum absolute atomic E-state index is 0.0535. The van der Waals surface area contributed by atoms with E-state index in [0.29, 0.717) is 10.8 Å². The SMILES string of the molecule is Cc1cc(Cl)ccc1OCC(=O)NCC(C(=O)O)C(C)C. The highest BCUT2D eigenvalue weighted by atomic mass is 35.5. The fourth-order valence-electron chi connectivity index (χ4n) is 1.80. The molecule has 0 aromatic heterocycles. The van der Waals surface area contributed by atoms with E-state index in [0.717, 1.165) is 5.56 Å². The Balaban J connectivity index is 2.45. The topological polar surface area (TPSA) is 75.6 Å². The van der Waals surface area contributed by atoms with Crippen LogP contribution in [0.25, 0.3) is 0 Å². The first-order chi connectivity index (χ1) is 9.81. The number of benzene rings is 1. The second kappa shape index (κ2) is 7.88. The second-order valence-corrected chi connectivity index (χ2v) is 5.63. The predicted molar refractivity (Wildman–Crippen MR) is 80.7 cm³/mol. The van der Waals surface area contributed by atoms with Crippen LogP contribution in [0, 0.1) is 18.8 Å². The van der Waals surface area contributed by atoms with Gasteiger partial charge in [0, 0.05) is 11.6 Å². The van der Waals surface area contributed by atoms with Crippen LogP contribution in [-0.4, -0.2) is 30.1 Å². The van der Waals surface area contributed by atoms with E-state index in [9.17, 15) is 9.59 Å². The molecular weight excluding hydrogens is 294 g/mol. The van der Waals surface area contributed by atoms with Gasteiger partial charge in [0.05, 0.1) is 5.92 Å². The third-order valence-corrected chi connectivity index (χ3v) is 3.37. The molecule has 21 heavy (non-hydrogen) atoms. The monoisotopic (exact) mass is 313 g/mol. The molecule has 6 heteroatoms. The van der Waals surface area contributed by atoms with Crippen molar-refractivity contribution in [1.29, 1.82) is 0 Å². The lowest BCUT2D eigenvalue weighted by Gasteiger charge is -2.17. The van der Waals surface area contributed by atoms with E-state index in [1.165, 1.54) is 0 Å². The quantitative estimate of drug-likeness (QED) is 0.811. The number of amides is 1. The summed E-state index contributed by atoms with van der Waals surface area (Å²) < 4.78 is 5.39. The summed E-state index contributed by atoms with van der Waals surface area (Å²) in [5.74, 6) is -1.35. The standard InChI is InChI=1S/C15H20ClNO4/c1-9(2)12(15(19)20)7-17-14(18)8-21-13-5-4-11(16)6-10(13)3/h4-6,9,12H,7-8H2,1-3H3,(H,17,18)(H,19,20). The summed E-state index contributed by atoms with van der Waals surface area (Å²) in [6.45, 7) is 5.37. The van der Waals surface area contributed by atoms with Crippen LogP contribution in [0.2, 0.25) is 5.02 Å². The van der Waals surface area contributed by atoms with Crippen molar-refractivity contribution in [3.8, 4) is 5.75 Å². The molecule has 0 aliphatic rings. The number of carboxylic acids is 1. The molecule has 0 saturated heterocycles. The molecule has 1 aromatic carbocycles. The van der Waals surface area contributed by atoms with Crippen molar-refractivity contribution in [2.45, 2.75) is 20.8 Å². The smallest absolute Gasteiger partial charge is 0.308 e. The number of ether oxygens (including phenoxy) is 1. The van der Waals surface area contributed by atoms with Gasteiger partial charge in [-0.05, 0) is 36.6 Å². The summed E-state index contributed by atoms with van der Waals surface area (Å²) in [5.41, 5.74) is 0.834. The molecule has 116 valence electrons. The molecule has 0 fully saturated rings. The van der Waals surface area contributed by atoms with Gasteiger partial charge >= 0.3 is 5.97 Å². The first-order valence-corrected chi connectivity index (χ1v) is 7.07. The van der Waals surface area contributed by atoms with Gasteiger partial charge in [-0.15, -0.1) is 0 Å². The van der Waals surface area contributed by atoms with Crippen molar-refractivity contribution < 1.29 is 19.4 Å². The number of nitrogens with one attached hydrogen (secondary N) is 1. The summed E-state index contributed by atoms with van der Waals surface area (Å²) in [6.07, 6.45) is 0. The molecule has 5 nitrogen and oxygen atoms in total. The van der Waals surface area contributed by atoms with Crippen molar-refractivity contribution >= 4 is 23.5 Å². The first kappa shape index (κ1) is 17.3. The van der Waals surface area contributed by atoms with Crippen LogP contribution in [-0.2, 0) is 9.59 Å². The van der Waals surface area contributed by atoms with Crippen molar-refractivity contribution in [2.75, 3.05) is 13.2 Å². The van der Waals surface area contributed by atoms with E-state index in [-0.39, 0.29) is 25.0 Å². The van der Waals surface area contributed by atoms with Gasteiger partial charge in [-0.3, -0.25) is 9.59 Å². The van der Waals surface area contributed by atoms with Gasteiger partial charge in [-0.1, -0.05) is 25.4 Å².